The fourth-order valence-electron chi connectivity index (χ4n) is 1.62. The van der Waals surface area contributed by atoms with Crippen molar-refractivity contribution >= 4 is 10.0 Å². The summed E-state index contributed by atoms with van der Waals surface area (Å²) in [6, 6.07) is 0. The molecule has 0 saturated carbocycles. The summed E-state index contributed by atoms with van der Waals surface area (Å²) in [6.45, 7) is 6.79. The molecule has 5 heteroatoms. The van der Waals surface area contributed by atoms with Crippen LogP contribution >= 0.6 is 0 Å². The molecule has 0 heterocycles. The van der Waals surface area contributed by atoms with E-state index in [1.807, 2.05) is 0 Å². The summed E-state index contributed by atoms with van der Waals surface area (Å²) in [6.07, 6.45) is 1.48. The molecule has 0 saturated heterocycles. The van der Waals surface area contributed by atoms with Crippen LogP contribution in [0.2, 0.25) is 0 Å². The molecule has 0 fully saturated rings. The third kappa shape index (κ3) is 8.21. The van der Waals surface area contributed by atoms with Gasteiger partial charge in [0.05, 0.1) is 11.9 Å². The maximum absolute atomic E-state index is 10.9. The predicted octanol–water partition coefficient (Wildman–Crippen LogP) is 0.475. The maximum Gasteiger partial charge on any atom is 0.209 e. The molecule has 0 aliphatic heterocycles. The van der Waals surface area contributed by atoms with E-state index in [4.69, 9.17) is 0 Å². The Bertz CT molecular complexity index is 262. The van der Waals surface area contributed by atoms with Gasteiger partial charge in [0, 0.05) is 5.54 Å². The molecule has 2 N–H and O–H groups in total. The number of hydrogen-bond acceptors (Lipinski definition) is 3. The summed E-state index contributed by atoms with van der Waals surface area (Å²) in [4.78, 5) is 0. The van der Waals surface area contributed by atoms with Gasteiger partial charge >= 0.3 is 0 Å². The first kappa shape index (κ1) is 12.9. The van der Waals surface area contributed by atoms with Crippen LogP contribution in [0.5, 0.6) is 0 Å². The highest BCUT2D eigenvalue weighted by molar-refractivity contribution is 7.88. The van der Waals surface area contributed by atoms with Gasteiger partial charge < -0.3 is 5.11 Å². The van der Waals surface area contributed by atoms with Crippen molar-refractivity contribution in [3.8, 4) is 0 Å². The van der Waals surface area contributed by atoms with Gasteiger partial charge in [-0.15, -0.1) is 0 Å². The van der Waals surface area contributed by atoms with Crippen LogP contribution in [0, 0.1) is 0 Å². The summed E-state index contributed by atoms with van der Waals surface area (Å²) in [5.41, 5.74) is -1.49. The molecule has 0 radical (unpaired) electrons. The Morgan fingerprint density at radius 1 is 1.23 bits per heavy atom. The molecule has 0 aliphatic carbocycles. The van der Waals surface area contributed by atoms with Crippen molar-refractivity contribution < 1.29 is 13.5 Å². The van der Waals surface area contributed by atoms with Crippen molar-refractivity contribution in [3.63, 3.8) is 0 Å². The fraction of sp³-hybridized carbons (Fsp3) is 1.00. The number of rotatable bonds is 4. The van der Waals surface area contributed by atoms with E-state index in [2.05, 4.69) is 4.72 Å². The van der Waals surface area contributed by atoms with Gasteiger partial charge in [0.1, 0.15) is 0 Å². The van der Waals surface area contributed by atoms with E-state index in [1.54, 1.807) is 27.7 Å². The van der Waals surface area contributed by atoms with Gasteiger partial charge in [0.2, 0.25) is 10.0 Å². The number of aliphatic hydroxyl groups is 1. The SMILES string of the molecule is CC(C)(O)CC(C)(C)NS(C)(=O)=O. The molecule has 0 atom stereocenters. The third-order valence-corrected chi connectivity index (χ3v) is 2.26. The summed E-state index contributed by atoms with van der Waals surface area (Å²) >= 11 is 0. The Hall–Kier alpha value is -0.130. The van der Waals surface area contributed by atoms with Gasteiger partial charge in [0.25, 0.3) is 0 Å². The van der Waals surface area contributed by atoms with E-state index in [9.17, 15) is 13.5 Å². The molecule has 0 aromatic rings. The highest BCUT2D eigenvalue weighted by Gasteiger charge is 2.29. The zero-order chi connectivity index (χ0) is 10.9. The summed E-state index contributed by atoms with van der Waals surface area (Å²) < 4.78 is 24.3. The Morgan fingerprint density at radius 2 is 1.62 bits per heavy atom. The minimum absolute atomic E-state index is 0.368. The van der Waals surface area contributed by atoms with Gasteiger partial charge in [-0.05, 0) is 34.1 Å². The van der Waals surface area contributed by atoms with E-state index in [-0.39, 0.29) is 0 Å². The van der Waals surface area contributed by atoms with E-state index in [0.29, 0.717) is 6.42 Å². The minimum Gasteiger partial charge on any atom is -0.390 e. The van der Waals surface area contributed by atoms with Crippen LogP contribution in [-0.4, -0.2) is 30.9 Å². The van der Waals surface area contributed by atoms with E-state index in [1.165, 1.54) is 0 Å². The smallest absolute Gasteiger partial charge is 0.209 e. The largest absolute Gasteiger partial charge is 0.390 e. The van der Waals surface area contributed by atoms with Crippen LogP contribution in [0.15, 0.2) is 0 Å². The Kier molecular flexibility index (Phi) is 3.52. The highest BCUT2D eigenvalue weighted by atomic mass is 32.2. The zero-order valence-corrected chi connectivity index (χ0v) is 9.70. The van der Waals surface area contributed by atoms with E-state index in [0.717, 1.165) is 6.26 Å². The van der Waals surface area contributed by atoms with Crippen LogP contribution in [-0.2, 0) is 10.0 Å². The quantitative estimate of drug-likeness (QED) is 0.707. The van der Waals surface area contributed by atoms with Crippen molar-refractivity contribution in [1.29, 1.82) is 0 Å². The van der Waals surface area contributed by atoms with Gasteiger partial charge in [-0.25, -0.2) is 13.1 Å². The van der Waals surface area contributed by atoms with Crippen LogP contribution in [0.3, 0.4) is 0 Å². The predicted molar refractivity (Wildman–Crippen MR) is 53.0 cm³/mol. The lowest BCUT2D eigenvalue weighted by atomic mass is 9.91. The van der Waals surface area contributed by atoms with Crippen LogP contribution in [0.1, 0.15) is 34.1 Å². The van der Waals surface area contributed by atoms with Crippen molar-refractivity contribution in [2.75, 3.05) is 6.26 Å². The lowest BCUT2D eigenvalue weighted by Crippen LogP contribution is -2.47. The Balaban J connectivity index is 4.43. The summed E-state index contributed by atoms with van der Waals surface area (Å²) in [7, 11) is -3.22. The van der Waals surface area contributed by atoms with E-state index < -0.39 is 21.2 Å². The first-order chi connectivity index (χ1) is 5.41. The van der Waals surface area contributed by atoms with Crippen molar-refractivity contribution in [3.05, 3.63) is 0 Å². The van der Waals surface area contributed by atoms with Crippen LogP contribution in [0.25, 0.3) is 0 Å². The standard InChI is InChI=1S/C8H19NO3S/c1-7(2,6-8(3,4)10)9-13(5,11)12/h9-10H,6H2,1-5H3. The monoisotopic (exact) mass is 209 g/mol. The van der Waals surface area contributed by atoms with Crippen molar-refractivity contribution in [2.45, 2.75) is 45.3 Å². The second kappa shape index (κ2) is 3.55. The molecule has 13 heavy (non-hydrogen) atoms. The molecule has 0 aromatic carbocycles. The number of sulfonamides is 1. The molecule has 0 unspecified atom stereocenters. The lowest BCUT2D eigenvalue weighted by Gasteiger charge is -2.31. The second-order valence-corrected chi connectivity index (χ2v) is 6.50. The average molecular weight is 209 g/mol. The summed E-state index contributed by atoms with van der Waals surface area (Å²) in [5.74, 6) is 0. The summed E-state index contributed by atoms with van der Waals surface area (Å²) in [5, 5.41) is 9.52. The topological polar surface area (TPSA) is 66.4 Å². The third-order valence-electron chi connectivity index (χ3n) is 1.34. The first-order valence-electron chi connectivity index (χ1n) is 4.13. The molecule has 80 valence electrons. The molecule has 0 bridgehead atoms. The molecule has 0 aromatic heterocycles. The molecule has 4 nitrogen and oxygen atoms in total. The zero-order valence-electron chi connectivity index (χ0n) is 8.88. The molecule has 0 spiro atoms. The minimum atomic E-state index is -3.22. The van der Waals surface area contributed by atoms with Gasteiger partial charge in [-0.1, -0.05) is 0 Å². The van der Waals surface area contributed by atoms with Crippen molar-refractivity contribution in [2.24, 2.45) is 0 Å². The molecule has 0 rings (SSSR count). The fourth-order valence-corrected chi connectivity index (χ4v) is 2.70. The van der Waals surface area contributed by atoms with Crippen LogP contribution < -0.4 is 4.72 Å². The Labute approximate surface area is 80.4 Å². The van der Waals surface area contributed by atoms with Gasteiger partial charge in [-0.3, -0.25) is 0 Å². The lowest BCUT2D eigenvalue weighted by molar-refractivity contribution is 0.0488. The van der Waals surface area contributed by atoms with Gasteiger partial charge in [-0.2, -0.15) is 0 Å². The first-order valence-corrected chi connectivity index (χ1v) is 6.02. The average Bonchev–Trinajstić information content (AvgIpc) is 1.43. The molecular weight excluding hydrogens is 190 g/mol. The molecule has 0 aliphatic rings. The van der Waals surface area contributed by atoms with E-state index >= 15 is 0 Å². The maximum atomic E-state index is 10.9. The van der Waals surface area contributed by atoms with Gasteiger partial charge in [0.15, 0.2) is 0 Å². The normalized spacial score (nSPS) is 14.6. The number of hydrogen-bond donors (Lipinski definition) is 2. The Morgan fingerprint density at radius 3 is 1.85 bits per heavy atom. The molecular formula is C8H19NO3S. The number of nitrogens with one attached hydrogen (secondary N) is 1. The second-order valence-electron chi connectivity index (χ2n) is 4.75. The molecule has 0 amide bonds. The van der Waals surface area contributed by atoms with Crippen molar-refractivity contribution in [1.82, 2.24) is 4.72 Å². The highest BCUT2D eigenvalue weighted by Crippen LogP contribution is 2.19. The van der Waals surface area contributed by atoms with Crippen LogP contribution in [0.4, 0.5) is 0 Å².